The van der Waals surface area contributed by atoms with E-state index in [1.165, 1.54) is 6.92 Å². The summed E-state index contributed by atoms with van der Waals surface area (Å²) in [7, 11) is 10.5. The van der Waals surface area contributed by atoms with Crippen molar-refractivity contribution in [3.8, 4) is 0 Å². The van der Waals surface area contributed by atoms with Gasteiger partial charge in [0.1, 0.15) is 0 Å². The Morgan fingerprint density at radius 1 is 1.67 bits per heavy atom. The first-order valence-corrected chi connectivity index (χ1v) is 11.4. The van der Waals surface area contributed by atoms with Crippen LogP contribution in [0.3, 0.4) is 0 Å². The van der Waals surface area contributed by atoms with Gasteiger partial charge in [0, 0.05) is 0 Å². The molecule has 0 aromatic rings. The molecule has 0 aliphatic rings. The molecule has 0 unspecified atom stereocenters. The van der Waals surface area contributed by atoms with Crippen molar-refractivity contribution in [2.75, 3.05) is 0 Å². The van der Waals surface area contributed by atoms with Gasteiger partial charge in [-0.1, -0.05) is 0 Å². The van der Waals surface area contributed by atoms with E-state index in [1.807, 2.05) is 0 Å². The van der Waals surface area contributed by atoms with Crippen molar-refractivity contribution in [3.05, 3.63) is 0 Å². The molecule has 0 atom stereocenters. The summed E-state index contributed by atoms with van der Waals surface area (Å²) in [6.07, 6.45) is 0. The summed E-state index contributed by atoms with van der Waals surface area (Å²) in [5, 5.41) is 0. The zero-order valence-electron chi connectivity index (χ0n) is 3.24. The molecule has 0 aromatic heterocycles. The van der Waals surface area contributed by atoms with Gasteiger partial charge in [0.05, 0.1) is 0 Å². The summed E-state index contributed by atoms with van der Waals surface area (Å²) in [4.78, 5) is 9.97. The molecule has 4 heteroatoms. The SMILES string of the molecule is C[C](=O)[SnH]([Cl])[Cl]. The molecule has 0 aliphatic heterocycles. The normalized spacial score (nSPS) is 9.33. The van der Waals surface area contributed by atoms with Crippen molar-refractivity contribution in [1.82, 2.24) is 0 Å². The Kier molecular flexibility index (Phi) is 3.65. The van der Waals surface area contributed by atoms with E-state index in [9.17, 15) is 4.79 Å². The molecular weight excluding hydrogens is 230 g/mol. The van der Waals surface area contributed by atoms with Gasteiger partial charge in [0.15, 0.2) is 0 Å². The molecule has 0 aliphatic carbocycles. The standard InChI is InChI=1S/C2H3O.2ClH.Sn.H/c1-2-3;;;;/h1H3;2*1H;;/q;;;+2;/p-2. The van der Waals surface area contributed by atoms with Crippen LogP contribution in [0.25, 0.3) is 0 Å². The van der Waals surface area contributed by atoms with E-state index in [1.54, 1.807) is 0 Å². The van der Waals surface area contributed by atoms with Crippen molar-refractivity contribution < 1.29 is 4.79 Å². The van der Waals surface area contributed by atoms with Gasteiger partial charge in [0.2, 0.25) is 0 Å². The average molecular weight is 234 g/mol. The van der Waals surface area contributed by atoms with Crippen LogP contribution in [0.4, 0.5) is 0 Å². The summed E-state index contributed by atoms with van der Waals surface area (Å²) in [5.74, 6) is 0. The van der Waals surface area contributed by atoms with E-state index in [0.29, 0.717) is 0 Å². The van der Waals surface area contributed by atoms with E-state index in [4.69, 9.17) is 17.8 Å². The van der Waals surface area contributed by atoms with Gasteiger partial charge in [-0.15, -0.1) is 0 Å². The number of carbonyl (C=O) groups is 1. The maximum absolute atomic E-state index is 9.97. The van der Waals surface area contributed by atoms with Crippen LogP contribution in [-0.4, -0.2) is 21.3 Å². The molecule has 0 radical (unpaired) electrons. The predicted molar refractivity (Wildman–Crippen MR) is 29.5 cm³/mol. The third-order valence-corrected chi connectivity index (χ3v) is 6.18. The van der Waals surface area contributed by atoms with Crippen LogP contribution in [0, 0.1) is 0 Å². The fourth-order valence-electron chi connectivity index (χ4n) is 0. The van der Waals surface area contributed by atoms with Crippen LogP contribution < -0.4 is 0 Å². The molecule has 0 N–H and O–H groups in total. The third-order valence-electron chi connectivity index (χ3n) is 0.307. The average Bonchev–Trinajstić information content (AvgIpc) is 1.36. The van der Waals surface area contributed by atoms with Gasteiger partial charge >= 0.3 is 50.9 Å². The Morgan fingerprint density at radius 2 is 1.83 bits per heavy atom. The first-order valence-electron chi connectivity index (χ1n) is 1.43. The Morgan fingerprint density at radius 3 is 1.83 bits per heavy atom. The minimum atomic E-state index is -2.50. The molecule has 0 saturated heterocycles. The fourth-order valence-corrected chi connectivity index (χ4v) is 0. The van der Waals surface area contributed by atoms with Gasteiger partial charge in [-0.25, -0.2) is 0 Å². The van der Waals surface area contributed by atoms with Crippen LogP contribution in [0.5, 0.6) is 0 Å². The van der Waals surface area contributed by atoms with Gasteiger partial charge in [-0.2, -0.15) is 0 Å². The third kappa shape index (κ3) is 3.25. The fraction of sp³-hybridized carbons (Fsp3) is 0.500. The summed E-state index contributed by atoms with van der Waals surface area (Å²) < 4.78 is 0.000123. The van der Waals surface area contributed by atoms with Crippen LogP contribution in [0.1, 0.15) is 6.92 Å². The minimum absolute atomic E-state index is 0.000123. The zero-order chi connectivity index (χ0) is 5.15. The monoisotopic (exact) mass is 234 g/mol. The Hall–Kier alpha value is 1.05. The quantitative estimate of drug-likeness (QED) is 0.613. The molecule has 1 nitrogen and oxygen atoms in total. The van der Waals surface area contributed by atoms with Crippen molar-refractivity contribution in [3.63, 3.8) is 0 Å². The molecule has 6 heavy (non-hydrogen) atoms. The zero-order valence-corrected chi connectivity index (χ0v) is 8.05. The van der Waals surface area contributed by atoms with Crippen molar-refractivity contribution in [1.29, 1.82) is 0 Å². The van der Waals surface area contributed by atoms with Crippen LogP contribution in [0.15, 0.2) is 0 Å². The Balaban J connectivity index is 3.26. The van der Waals surface area contributed by atoms with E-state index in [2.05, 4.69) is 0 Å². The Bertz CT molecular complexity index is 62.6. The van der Waals surface area contributed by atoms with Crippen LogP contribution in [0.2, 0.25) is 0 Å². The molecule has 0 amide bonds. The molecule has 0 spiro atoms. The molecule has 0 saturated carbocycles. The summed E-state index contributed by atoms with van der Waals surface area (Å²) in [6.45, 7) is 1.43. The van der Waals surface area contributed by atoms with Crippen LogP contribution >= 0.6 is 17.8 Å². The summed E-state index contributed by atoms with van der Waals surface area (Å²) in [5.41, 5.74) is 0. The van der Waals surface area contributed by atoms with E-state index in [0.717, 1.165) is 0 Å². The molecule has 0 rings (SSSR count). The second-order valence-corrected chi connectivity index (χ2v) is 12.3. The second kappa shape index (κ2) is 3.10. The van der Waals surface area contributed by atoms with E-state index in [-0.39, 0.29) is 3.80 Å². The van der Waals surface area contributed by atoms with E-state index >= 15 is 0 Å². The molecule has 0 bridgehead atoms. The number of carbonyl (C=O) groups excluding carboxylic acids is 1. The predicted octanol–water partition coefficient (Wildman–Crippen LogP) is 0.813. The number of halogens is 2. The van der Waals surface area contributed by atoms with Gasteiger partial charge in [0.25, 0.3) is 0 Å². The molecular formula is C2H4Cl2OSn. The maximum atomic E-state index is 9.97. The topological polar surface area (TPSA) is 17.1 Å². The molecule has 0 fully saturated rings. The summed E-state index contributed by atoms with van der Waals surface area (Å²) in [6, 6.07) is 0. The number of hydrogen-bond acceptors (Lipinski definition) is 1. The second-order valence-electron chi connectivity index (χ2n) is 0.911. The first-order chi connectivity index (χ1) is 2.64. The van der Waals surface area contributed by atoms with Crippen LogP contribution in [-0.2, 0) is 4.79 Å². The van der Waals surface area contributed by atoms with Crippen molar-refractivity contribution in [2.45, 2.75) is 6.92 Å². The number of hydrogen-bond donors (Lipinski definition) is 0. The Labute approximate surface area is 50.8 Å². The van der Waals surface area contributed by atoms with Crippen molar-refractivity contribution in [2.24, 2.45) is 0 Å². The first kappa shape index (κ1) is 7.05. The molecule has 36 valence electrons. The molecule has 0 heterocycles. The van der Waals surface area contributed by atoms with Gasteiger partial charge in [-0.3, -0.25) is 0 Å². The van der Waals surface area contributed by atoms with E-state index < -0.39 is 17.5 Å². The summed E-state index contributed by atoms with van der Waals surface area (Å²) >= 11 is -2.50. The van der Waals surface area contributed by atoms with Gasteiger partial charge in [-0.05, 0) is 0 Å². The van der Waals surface area contributed by atoms with Gasteiger partial charge < -0.3 is 0 Å². The number of rotatable bonds is 1. The molecule has 0 aromatic carbocycles. The van der Waals surface area contributed by atoms with Crippen molar-refractivity contribution >= 4 is 39.1 Å².